The van der Waals surface area contributed by atoms with Gasteiger partial charge in [0.15, 0.2) is 0 Å². The van der Waals surface area contributed by atoms with Crippen LogP contribution >= 0.6 is 0 Å². The molecule has 0 aliphatic carbocycles. The molecule has 1 aliphatic rings. The highest BCUT2D eigenvalue weighted by molar-refractivity contribution is 5.82. The van der Waals surface area contributed by atoms with Crippen LogP contribution in [-0.4, -0.2) is 35.4 Å². The number of nitrogens with two attached hydrogens (primary N) is 1. The minimum Gasteiger partial charge on any atom is -0.396 e. The Bertz CT molecular complexity index is 374. The van der Waals surface area contributed by atoms with E-state index >= 15 is 0 Å². The molecular formula is C11H16N4O. The number of nitrogens with one attached hydrogen (secondary N) is 1. The van der Waals surface area contributed by atoms with Crippen LogP contribution in [0, 0.1) is 0 Å². The molecule has 2 rings (SSSR count). The molecule has 0 saturated carbocycles. The summed E-state index contributed by atoms with van der Waals surface area (Å²) in [6.45, 7) is 2.06. The van der Waals surface area contributed by atoms with E-state index in [2.05, 4.69) is 10.3 Å². The second-order valence-corrected chi connectivity index (χ2v) is 3.90. The first-order valence-electron chi connectivity index (χ1n) is 5.48. The van der Waals surface area contributed by atoms with Crippen LogP contribution in [0.5, 0.6) is 0 Å². The third-order valence-electron chi connectivity index (χ3n) is 2.74. The molecule has 0 spiro atoms. The summed E-state index contributed by atoms with van der Waals surface area (Å²) in [5.74, 6) is 0.133. The summed E-state index contributed by atoms with van der Waals surface area (Å²) in [6.07, 6.45) is 5.45. The minimum absolute atomic E-state index is 0.133. The lowest BCUT2D eigenvalue weighted by Gasteiger charge is -2.16. The van der Waals surface area contributed by atoms with Crippen LogP contribution in [0.1, 0.15) is 12.8 Å². The Morgan fingerprint density at radius 1 is 1.50 bits per heavy atom. The van der Waals surface area contributed by atoms with Crippen molar-refractivity contribution in [3.8, 4) is 0 Å². The Balaban J connectivity index is 1.87. The number of aromatic nitrogens is 1. The highest BCUT2D eigenvalue weighted by Gasteiger charge is 2.17. The average molecular weight is 220 g/mol. The highest BCUT2D eigenvalue weighted by atomic mass is 16.2. The molecular weight excluding hydrogens is 204 g/mol. The minimum atomic E-state index is 0.133. The van der Waals surface area contributed by atoms with E-state index in [1.165, 1.54) is 0 Å². The normalized spacial score (nSPS) is 15.1. The molecule has 1 aromatic heterocycles. The molecule has 1 saturated heterocycles. The number of amides is 1. The van der Waals surface area contributed by atoms with Crippen LogP contribution in [0.2, 0.25) is 0 Å². The van der Waals surface area contributed by atoms with Gasteiger partial charge in [0.25, 0.3) is 0 Å². The van der Waals surface area contributed by atoms with E-state index in [1.807, 2.05) is 4.90 Å². The van der Waals surface area contributed by atoms with Gasteiger partial charge in [0, 0.05) is 19.3 Å². The van der Waals surface area contributed by atoms with Crippen LogP contribution in [0.4, 0.5) is 11.4 Å². The number of pyridine rings is 1. The predicted molar refractivity (Wildman–Crippen MR) is 63.0 cm³/mol. The fourth-order valence-corrected chi connectivity index (χ4v) is 1.82. The summed E-state index contributed by atoms with van der Waals surface area (Å²) < 4.78 is 0. The maximum Gasteiger partial charge on any atom is 0.241 e. The quantitative estimate of drug-likeness (QED) is 0.786. The Hall–Kier alpha value is -1.78. The smallest absolute Gasteiger partial charge is 0.241 e. The van der Waals surface area contributed by atoms with Crippen molar-refractivity contribution in [3.63, 3.8) is 0 Å². The number of hydrogen-bond donors (Lipinski definition) is 2. The lowest BCUT2D eigenvalue weighted by Crippen LogP contribution is -2.33. The fraction of sp³-hybridized carbons (Fsp3) is 0.455. The molecule has 5 heteroatoms. The zero-order valence-electron chi connectivity index (χ0n) is 9.15. The Kier molecular flexibility index (Phi) is 3.24. The molecule has 5 nitrogen and oxygen atoms in total. The number of nitrogens with zero attached hydrogens (tertiary/aromatic N) is 2. The third kappa shape index (κ3) is 2.42. The van der Waals surface area contributed by atoms with E-state index in [4.69, 9.17) is 5.73 Å². The standard InChI is InChI=1S/C11H16N4O/c12-9-7-13-4-3-10(9)14-8-11(16)15-5-1-2-6-15/h3-4,7H,1-2,5-6,8,12H2,(H,13,14). The topological polar surface area (TPSA) is 71.2 Å². The van der Waals surface area contributed by atoms with Gasteiger partial charge < -0.3 is 16.0 Å². The molecule has 1 fully saturated rings. The van der Waals surface area contributed by atoms with Crippen molar-refractivity contribution in [2.45, 2.75) is 12.8 Å². The maximum absolute atomic E-state index is 11.7. The molecule has 0 bridgehead atoms. The maximum atomic E-state index is 11.7. The molecule has 1 amide bonds. The van der Waals surface area contributed by atoms with Gasteiger partial charge >= 0.3 is 0 Å². The number of hydrogen-bond acceptors (Lipinski definition) is 4. The summed E-state index contributed by atoms with van der Waals surface area (Å²) in [5.41, 5.74) is 7.04. The third-order valence-corrected chi connectivity index (χ3v) is 2.74. The number of carbonyl (C=O) groups excluding carboxylic acids is 1. The van der Waals surface area contributed by atoms with Crippen LogP contribution in [0.25, 0.3) is 0 Å². The Morgan fingerprint density at radius 3 is 2.94 bits per heavy atom. The van der Waals surface area contributed by atoms with Gasteiger partial charge in [-0.1, -0.05) is 0 Å². The number of rotatable bonds is 3. The monoisotopic (exact) mass is 220 g/mol. The van der Waals surface area contributed by atoms with Crippen molar-refractivity contribution in [2.24, 2.45) is 0 Å². The molecule has 16 heavy (non-hydrogen) atoms. The van der Waals surface area contributed by atoms with Gasteiger partial charge in [0.1, 0.15) is 0 Å². The van der Waals surface area contributed by atoms with E-state index in [1.54, 1.807) is 18.5 Å². The van der Waals surface area contributed by atoms with Crippen molar-refractivity contribution < 1.29 is 4.79 Å². The first-order chi connectivity index (χ1) is 7.77. The SMILES string of the molecule is Nc1cnccc1NCC(=O)N1CCCC1. The average Bonchev–Trinajstić information content (AvgIpc) is 2.81. The van der Waals surface area contributed by atoms with E-state index in [9.17, 15) is 4.79 Å². The molecule has 86 valence electrons. The van der Waals surface area contributed by atoms with Crippen molar-refractivity contribution >= 4 is 17.3 Å². The highest BCUT2D eigenvalue weighted by Crippen LogP contribution is 2.15. The van der Waals surface area contributed by atoms with Crippen molar-refractivity contribution in [2.75, 3.05) is 30.7 Å². The number of anilines is 2. The van der Waals surface area contributed by atoms with E-state index in [0.717, 1.165) is 31.6 Å². The number of nitrogen functional groups attached to an aromatic ring is 1. The van der Waals surface area contributed by atoms with E-state index in [0.29, 0.717) is 12.2 Å². The first-order valence-corrected chi connectivity index (χ1v) is 5.48. The van der Waals surface area contributed by atoms with Crippen molar-refractivity contribution in [1.82, 2.24) is 9.88 Å². The lowest BCUT2D eigenvalue weighted by molar-refractivity contribution is -0.128. The molecule has 1 aliphatic heterocycles. The largest absolute Gasteiger partial charge is 0.396 e. The molecule has 0 aromatic carbocycles. The van der Waals surface area contributed by atoms with Gasteiger partial charge in [-0.05, 0) is 18.9 Å². The fourth-order valence-electron chi connectivity index (χ4n) is 1.82. The van der Waals surface area contributed by atoms with Crippen LogP contribution in [0.3, 0.4) is 0 Å². The zero-order chi connectivity index (χ0) is 11.4. The summed E-state index contributed by atoms with van der Waals surface area (Å²) in [5, 5.41) is 3.03. The lowest BCUT2D eigenvalue weighted by atomic mass is 10.3. The van der Waals surface area contributed by atoms with E-state index in [-0.39, 0.29) is 5.91 Å². The molecule has 2 heterocycles. The first kappa shape index (κ1) is 10.7. The van der Waals surface area contributed by atoms with E-state index < -0.39 is 0 Å². The molecule has 1 aromatic rings. The Labute approximate surface area is 94.6 Å². The summed E-state index contributed by atoms with van der Waals surface area (Å²) in [4.78, 5) is 17.5. The van der Waals surface area contributed by atoms with Crippen molar-refractivity contribution in [3.05, 3.63) is 18.5 Å². The zero-order valence-corrected chi connectivity index (χ0v) is 9.15. The molecule has 0 radical (unpaired) electrons. The van der Waals surface area contributed by atoms with Gasteiger partial charge in [-0.25, -0.2) is 0 Å². The summed E-state index contributed by atoms with van der Waals surface area (Å²) in [6, 6.07) is 1.77. The Morgan fingerprint density at radius 2 is 2.25 bits per heavy atom. The predicted octanol–water partition coefficient (Wildman–Crippen LogP) is 0.698. The molecule has 0 unspecified atom stereocenters. The van der Waals surface area contributed by atoms with Crippen LogP contribution < -0.4 is 11.1 Å². The van der Waals surface area contributed by atoms with Gasteiger partial charge in [-0.2, -0.15) is 0 Å². The van der Waals surface area contributed by atoms with Gasteiger partial charge in [-0.3, -0.25) is 9.78 Å². The summed E-state index contributed by atoms with van der Waals surface area (Å²) >= 11 is 0. The second kappa shape index (κ2) is 4.83. The van der Waals surface area contributed by atoms with Crippen LogP contribution in [-0.2, 0) is 4.79 Å². The van der Waals surface area contributed by atoms with Gasteiger partial charge in [-0.15, -0.1) is 0 Å². The van der Waals surface area contributed by atoms with Crippen LogP contribution in [0.15, 0.2) is 18.5 Å². The number of carbonyl (C=O) groups is 1. The summed E-state index contributed by atoms with van der Waals surface area (Å²) in [7, 11) is 0. The molecule has 0 atom stereocenters. The molecule has 3 N–H and O–H groups in total. The van der Waals surface area contributed by atoms with Gasteiger partial charge in [0.2, 0.25) is 5.91 Å². The number of likely N-dealkylation sites (tertiary alicyclic amines) is 1. The second-order valence-electron chi connectivity index (χ2n) is 3.90. The van der Waals surface area contributed by atoms with Crippen molar-refractivity contribution in [1.29, 1.82) is 0 Å². The van der Waals surface area contributed by atoms with Gasteiger partial charge in [0.05, 0.1) is 24.1 Å².